The zero-order chi connectivity index (χ0) is 9.97. The Bertz CT molecular complexity index is 433. The van der Waals surface area contributed by atoms with Crippen LogP contribution in [0.1, 0.15) is 17.5 Å². The Morgan fingerprint density at radius 2 is 2.14 bits per heavy atom. The predicted octanol–water partition coefficient (Wildman–Crippen LogP) is 1.97. The summed E-state index contributed by atoms with van der Waals surface area (Å²) in [6.07, 6.45) is 4.67. The first kappa shape index (κ1) is 8.69. The summed E-state index contributed by atoms with van der Waals surface area (Å²) in [7, 11) is 0. The molecule has 0 aromatic heterocycles. The van der Waals surface area contributed by atoms with Crippen molar-refractivity contribution in [3.05, 3.63) is 41.5 Å². The van der Waals surface area contributed by atoms with E-state index in [0.717, 1.165) is 16.8 Å². The largest absolute Gasteiger partial charge is 0.350 e. The highest BCUT2D eigenvalue weighted by Gasteiger charge is 2.10. The van der Waals surface area contributed by atoms with E-state index < -0.39 is 6.03 Å². The van der Waals surface area contributed by atoms with Crippen LogP contribution < -0.4 is 5.73 Å². The molecule has 14 heavy (non-hydrogen) atoms. The van der Waals surface area contributed by atoms with Gasteiger partial charge in [-0.25, -0.2) is 4.79 Å². The van der Waals surface area contributed by atoms with Gasteiger partial charge in [-0.2, -0.15) is 4.99 Å². The zero-order valence-corrected chi connectivity index (χ0v) is 7.60. The van der Waals surface area contributed by atoms with Crippen LogP contribution in [0, 0.1) is 0 Å². The SMILES string of the molecule is NC(=O)N=C1CC=Cc2ccccc21. The van der Waals surface area contributed by atoms with Crippen LogP contribution in [0.25, 0.3) is 6.08 Å². The van der Waals surface area contributed by atoms with Crippen LogP contribution >= 0.6 is 0 Å². The Morgan fingerprint density at radius 1 is 1.36 bits per heavy atom. The van der Waals surface area contributed by atoms with Crippen LogP contribution in [0.5, 0.6) is 0 Å². The summed E-state index contributed by atoms with van der Waals surface area (Å²) in [5, 5.41) is 0. The molecule has 0 radical (unpaired) electrons. The van der Waals surface area contributed by atoms with Gasteiger partial charge in [0.1, 0.15) is 0 Å². The predicted molar refractivity (Wildman–Crippen MR) is 56.2 cm³/mol. The van der Waals surface area contributed by atoms with Gasteiger partial charge in [-0.1, -0.05) is 36.4 Å². The molecule has 70 valence electrons. The summed E-state index contributed by atoms with van der Waals surface area (Å²) in [4.78, 5) is 14.5. The summed E-state index contributed by atoms with van der Waals surface area (Å²) in [6, 6.07) is 7.18. The average molecular weight is 186 g/mol. The fourth-order valence-corrected chi connectivity index (χ4v) is 1.55. The highest BCUT2D eigenvalue weighted by Crippen LogP contribution is 2.19. The van der Waals surface area contributed by atoms with Crippen LogP contribution in [-0.4, -0.2) is 11.7 Å². The van der Waals surface area contributed by atoms with Crippen LogP contribution in [0.2, 0.25) is 0 Å². The molecule has 0 bridgehead atoms. The molecule has 0 aliphatic heterocycles. The molecule has 0 saturated heterocycles. The Morgan fingerprint density at radius 3 is 2.93 bits per heavy atom. The Labute approximate surface area is 82.0 Å². The molecule has 0 heterocycles. The first-order chi connectivity index (χ1) is 6.77. The number of benzene rings is 1. The molecule has 0 fully saturated rings. The van der Waals surface area contributed by atoms with Gasteiger partial charge in [0, 0.05) is 12.0 Å². The average Bonchev–Trinajstić information content (AvgIpc) is 2.18. The topological polar surface area (TPSA) is 55.5 Å². The van der Waals surface area contributed by atoms with Gasteiger partial charge in [0.2, 0.25) is 0 Å². The van der Waals surface area contributed by atoms with Crippen molar-refractivity contribution in [2.75, 3.05) is 0 Å². The second-order valence-corrected chi connectivity index (χ2v) is 3.09. The van der Waals surface area contributed by atoms with E-state index in [1.807, 2.05) is 36.4 Å². The van der Waals surface area contributed by atoms with Crippen molar-refractivity contribution in [3.8, 4) is 0 Å². The van der Waals surface area contributed by atoms with Gasteiger partial charge in [0.25, 0.3) is 0 Å². The summed E-state index contributed by atoms with van der Waals surface area (Å²) in [6.45, 7) is 0. The summed E-state index contributed by atoms with van der Waals surface area (Å²) < 4.78 is 0. The number of urea groups is 1. The molecule has 3 nitrogen and oxygen atoms in total. The molecular formula is C11H10N2O. The molecule has 1 aromatic carbocycles. The Balaban J connectivity index is 2.51. The summed E-state index contributed by atoms with van der Waals surface area (Å²) in [5.74, 6) is 0. The third-order valence-electron chi connectivity index (χ3n) is 2.13. The molecule has 0 saturated carbocycles. The van der Waals surface area contributed by atoms with Gasteiger partial charge in [-0.05, 0) is 5.56 Å². The number of carbonyl (C=O) groups is 1. The minimum atomic E-state index is -0.634. The van der Waals surface area contributed by atoms with Crippen molar-refractivity contribution in [1.29, 1.82) is 0 Å². The van der Waals surface area contributed by atoms with E-state index >= 15 is 0 Å². The number of hydrogen-bond donors (Lipinski definition) is 1. The van der Waals surface area contributed by atoms with Crippen LogP contribution in [-0.2, 0) is 0 Å². The van der Waals surface area contributed by atoms with Gasteiger partial charge < -0.3 is 5.73 Å². The number of amides is 2. The molecule has 2 rings (SSSR count). The molecule has 2 amide bonds. The molecule has 0 spiro atoms. The first-order valence-electron chi connectivity index (χ1n) is 4.40. The van der Waals surface area contributed by atoms with Crippen LogP contribution in [0.4, 0.5) is 4.79 Å². The quantitative estimate of drug-likeness (QED) is 0.661. The number of fused-ring (bicyclic) bond motifs is 1. The fraction of sp³-hybridized carbons (Fsp3) is 0.0909. The molecule has 1 aliphatic rings. The number of carbonyl (C=O) groups excluding carboxylic acids is 1. The van der Waals surface area contributed by atoms with E-state index in [2.05, 4.69) is 4.99 Å². The molecular weight excluding hydrogens is 176 g/mol. The van der Waals surface area contributed by atoms with E-state index in [0.29, 0.717) is 6.42 Å². The van der Waals surface area contributed by atoms with Gasteiger partial charge in [-0.3, -0.25) is 0 Å². The third kappa shape index (κ3) is 1.57. The molecule has 0 atom stereocenters. The van der Waals surface area contributed by atoms with Crippen molar-refractivity contribution >= 4 is 17.8 Å². The monoisotopic (exact) mass is 186 g/mol. The smallest absolute Gasteiger partial charge is 0.338 e. The lowest BCUT2D eigenvalue weighted by Gasteiger charge is -2.11. The first-order valence-corrected chi connectivity index (χ1v) is 4.40. The van der Waals surface area contributed by atoms with Gasteiger partial charge in [0.05, 0.1) is 5.71 Å². The maximum atomic E-state index is 10.7. The highest BCUT2D eigenvalue weighted by atomic mass is 16.2. The maximum Gasteiger partial charge on any atom is 0.338 e. The third-order valence-corrected chi connectivity index (χ3v) is 2.13. The zero-order valence-electron chi connectivity index (χ0n) is 7.60. The number of primary amides is 1. The Kier molecular flexibility index (Phi) is 2.14. The number of hydrogen-bond acceptors (Lipinski definition) is 1. The molecule has 0 unspecified atom stereocenters. The van der Waals surface area contributed by atoms with Gasteiger partial charge >= 0.3 is 6.03 Å². The minimum Gasteiger partial charge on any atom is -0.350 e. The van der Waals surface area contributed by atoms with Crippen molar-refractivity contribution in [3.63, 3.8) is 0 Å². The second-order valence-electron chi connectivity index (χ2n) is 3.09. The summed E-state index contributed by atoms with van der Waals surface area (Å²) >= 11 is 0. The number of rotatable bonds is 0. The normalized spacial score (nSPS) is 16.7. The standard InChI is InChI=1S/C11H10N2O/c12-11(14)13-10-7-3-5-8-4-1-2-6-9(8)10/h1-6H,7H2,(H2,12,14). The maximum absolute atomic E-state index is 10.7. The number of nitrogens with zero attached hydrogens (tertiary/aromatic N) is 1. The lowest BCUT2D eigenvalue weighted by atomic mass is 9.96. The van der Waals surface area contributed by atoms with Gasteiger partial charge in [-0.15, -0.1) is 0 Å². The van der Waals surface area contributed by atoms with E-state index in [4.69, 9.17) is 5.73 Å². The summed E-state index contributed by atoms with van der Waals surface area (Å²) in [5.41, 5.74) is 7.85. The van der Waals surface area contributed by atoms with Crippen molar-refractivity contribution < 1.29 is 4.79 Å². The number of nitrogens with two attached hydrogens (primary N) is 1. The molecule has 1 aromatic rings. The minimum absolute atomic E-state index is 0.634. The lowest BCUT2D eigenvalue weighted by molar-refractivity contribution is 0.256. The van der Waals surface area contributed by atoms with Gasteiger partial charge in [0.15, 0.2) is 0 Å². The highest BCUT2D eigenvalue weighted by molar-refractivity contribution is 6.10. The van der Waals surface area contributed by atoms with Crippen molar-refractivity contribution in [1.82, 2.24) is 0 Å². The van der Waals surface area contributed by atoms with Crippen molar-refractivity contribution in [2.45, 2.75) is 6.42 Å². The van der Waals surface area contributed by atoms with E-state index in [1.165, 1.54) is 0 Å². The van der Waals surface area contributed by atoms with Crippen molar-refractivity contribution in [2.24, 2.45) is 10.7 Å². The number of allylic oxidation sites excluding steroid dienone is 1. The Hall–Kier alpha value is -1.90. The van der Waals surface area contributed by atoms with E-state index in [-0.39, 0.29) is 0 Å². The molecule has 2 N–H and O–H groups in total. The van der Waals surface area contributed by atoms with E-state index in [9.17, 15) is 4.79 Å². The molecule has 3 heteroatoms. The second kappa shape index (κ2) is 3.46. The molecule has 1 aliphatic carbocycles. The fourth-order valence-electron chi connectivity index (χ4n) is 1.55. The lowest BCUT2D eigenvalue weighted by Crippen LogP contribution is -2.12. The van der Waals surface area contributed by atoms with Crippen LogP contribution in [0.3, 0.4) is 0 Å². The van der Waals surface area contributed by atoms with Crippen LogP contribution in [0.15, 0.2) is 35.3 Å². The van der Waals surface area contributed by atoms with E-state index in [1.54, 1.807) is 0 Å². The number of aliphatic imine (C=N–C) groups is 1.